The molecule has 22 heavy (non-hydrogen) atoms. The van der Waals surface area contributed by atoms with Gasteiger partial charge in [-0.15, -0.1) is 0 Å². The zero-order valence-electron chi connectivity index (χ0n) is 12.6. The molecule has 0 saturated heterocycles. The summed E-state index contributed by atoms with van der Waals surface area (Å²) in [5.41, 5.74) is 2.18. The third-order valence-electron chi connectivity index (χ3n) is 3.31. The van der Waals surface area contributed by atoms with Gasteiger partial charge in [-0.3, -0.25) is 9.59 Å². The van der Waals surface area contributed by atoms with Crippen LogP contribution in [0.15, 0.2) is 29.1 Å². The Morgan fingerprint density at radius 3 is 2.82 bits per heavy atom. The molecule has 1 heterocycles. The van der Waals surface area contributed by atoms with Crippen LogP contribution in [0, 0.1) is 6.92 Å². The number of hydrogen-bond donors (Lipinski definition) is 2. The van der Waals surface area contributed by atoms with Crippen molar-refractivity contribution in [1.29, 1.82) is 0 Å². The van der Waals surface area contributed by atoms with Gasteiger partial charge in [0.05, 0.1) is 12.1 Å². The Morgan fingerprint density at radius 2 is 2.09 bits per heavy atom. The first kappa shape index (κ1) is 15.8. The summed E-state index contributed by atoms with van der Waals surface area (Å²) < 4.78 is 4.58. The number of amides is 1. The van der Waals surface area contributed by atoms with E-state index in [9.17, 15) is 14.4 Å². The molecule has 1 amide bonds. The first-order chi connectivity index (χ1) is 10.5. The zero-order chi connectivity index (χ0) is 16.1. The van der Waals surface area contributed by atoms with Crippen molar-refractivity contribution in [2.45, 2.75) is 20.3 Å². The molecule has 0 spiro atoms. The summed E-state index contributed by atoms with van der Waals surface area (Å²) in [6.45, 7) is 3.90. The maximum absolute atomic E-state index is 12.0. The van der Waals surface area contributed by atoms with E-state index in [4.69, 9.17) is 0 Å². The van der Waals surface area contributed by atoms with Crippen LogP contribution in [0.25, 0.3) is 10.9 Å². The molecular formula is C16H18N2O4. The number of fused-ring (bicyclic) bond motifs is 1. The van der Waals surface area contributed by atoms with Crippen LogP contribution in [0.5, 0.6) is 0 Å². The molecule has 0 bridgehead atoms. The van der Waals surface area contributed by atoms with Crippen LogP contribution in [-0.4, -0.2) is 30.0 Å². The van der Waals surface area contributed by atoms with Gasteiger partial charge in [0, 0.05) is 12.1 Å². The molecule has 1 aromatic carbocycles. The molecule has 6 heteroatoms. The number of aromatic amines is 1. The second-order valence-electron chi connectivity index (χ2n) is 4.89. The van der Waals surface area contributed by atoms with E-state index in [1.165, 1.54) is 0 Å². The lowest BCUT2D eigenvalue weighted by atomic mass is 10.1. The Bertz CT molecular complexity index is 764. The number of rotatable bonds is 4. The van der Waals surface area contributed by atoms with Crippen molar-refractivity contribution in [2.75, 3.05) is 13.2 Å². The van der Waals surface area contributed by atoms with E-state index < -0.39 is 11.9 Å². The van der Waals surface area contributed by atoms with Crippen LogP contribution in [0.3, 0.4) is 0 Å². The Morgan fingerprint density at radius 1 is 1.32 bits per heavy atom. The average Bonchev–Trinajstić information content (AvgIpc) is 2.49. The van der Waals surface area contributed by atoms with E-state index in [-0.39, 0.29) is 18.7 Å². The second kappa shape index (κ2) is 6.89. The Labute approximate surface area is 127 Å². The molecule has 2 N–H and O–H groups in total. The molecule has 0 unspecified atom stereocenters. The van der Waals surface area contributed by atoms with Crippen LogP contribution < -0.4 is 10.9 Å². The number of H-pyrrole nitrogens is 1. The van der Waals surface area contributed by atoms with E-state index in [0.29, 0.717) is 12.0 Å². The van der Waals surface area contributed by atoms with E-state index >= 15 is 0 Å². The molecule has 0 aliphatic carbocycles. The lowest BCUT2D eigenvalue weighted by Gasteiger charge is -2.06. The zero-order valence-corrected chi connectivity index (χ0v) is 12.6. The van der Waals surface area contributed by atoms with E-state index in [2.05, 4.69) is 15.0 Å². The monoisotopic (exact) mass is 302 g/mol. The number of nitrogens with one attached hydrogen (secondary N) is 2. The number of esters is 1. The summed E-state index contributed by atoms with van der Waals surface area (Å²) in [5.74, 6) is -1.71. The second-order valence-corrected chi connectivity index (χ2v) is 4.89. The number of aromatic nitrogens is 1. The smallest absolute Gasteiger partial charge is 0.396 e. The topological polar surface area (TPSA) is 88.3 Å². The largest absolute Gasteiger partial charge is 0.459 e. The van der Waals surface area contributed by atoms with Gasteiger partial charge in [-0.05, 0) is 37.3 Å². The van der Waals surface area contributed by atoms with Crippen molar-refractivity contribution in [1.82, 2.24) is 10.3 Å². The first-order valence-corrected chi connectivity index (χ1v) is 7.09. The SMILES string of the molecule is CCOC(=O)C(=O)NCCc1cc2cccc(C)c2[nH]c1=O. The summed E-state index contributed by atoms with van der Waals surface area (Å²) in [6, 6.07) is 7.57. The number of carbonyl (C=O) groups is 2. The van der Waals surface area contributed by atoms with Gasteiger partial charge in [-0.1, -0.05) is 18.2 Å². The summed E-state index contributed by atoms with van der Waals surface area (Å²) in [5, 5.41) is 3.37. The number of pyridine rings is 1. The van der Waals surface area contributed by atoms with Crippen LogP contribution in [-0.2, 0) is 20.7 Å². The highest BCUT2D eigenvalue weighted by molar-refractivity contribution is 6.32. The molecule has 0 aliphatic heterocycles. The van der Waals surface area contributed by atoms with Gasteiger partial charge in [0.15, 0.2) is 0 Å². The fourth-order valence-electron chi connectivity index (χ4n) is 2.19. The number of benzene rings is 1. The quantitative estimate of drug-likeness (QED) is 0.653. The molecule has 0 radical (unpaired) electrons. The normalized spacial score (nSPS) is 10.5. The number of para-hydroxylation sites is 1. The molecule has 1 aromatic heterocycles. The van der Waals surface area contributed by atoms with Gasteiger partial charge in [0.2, 0.25) is 0 Å². The van der Waals surface area contributed by atoms with Gasteiger partial charge in [0.25, 0.3) is 5.56 Å². The Hall–Kier alpha value is -2.63. The predicted molar refractivity (Wildman–Crippen MR) is 82.7 cm³/mol. The van der Waals surface area contributed by atoms with Gasteiger partial charge < -0.3 is 15.0 Å². The summed E-state index contributed by atoms with van der Waals surface area (Å²) in [4.78, 5) is 37.4. The number of carbonyl (C=O) groups excluding carboxylic acids is 2. The van der Waals surface area contributed by atoms with E-state index in [1.807, 2.05) is 25.1 Å². The van der Waals surface area contributed by atoms with Crippen molar-refractivity contribution >= 4 is 22.8 Å². The molecule has 0 atom stereocenters. The standard InChI is InChI=1S/C16H18N2O4/c1-3-22-16(21)15(20)17-8-7-12-9-11-6-4-5-10(2)13(11)18-14(12)19/h4-6,9H,3,7-8H2,1-2H3,(H,17,20)(H,18,19). The fraction of sp³-hybridized carbons (Fsp3) is 0.312. The minimum absolute atomic E-state index is 0.149. The highest BCUT2D eigenvalue weighted by Crippen LogP contribution is 2.14. The molecule has 2 aromatic rings. The lowest BCUT2D eigenvalue weighted by Crippen LogP contribution is -2.34. The van der Waals surface area contributed by atoms with E-state index in [1.54, 1.807) is 13.0 Å². The van der Waals surface area contributed by atoms with Crippen molar-refractivity contribution in [2.24, 2.45) is 0 Å². The van der Waals surface area contributed by atoms with E-state index in [0.717, 1.165) is 16.5 Å². The van der Waals surface area contributed by atoms with Gasteiger partial charge in [-0.2, -0.15) is 0 Å². The molecule has 6 nitrogen and oxygen atoms in total. The molecule has 2 rings (SSSR count). The first-order valence-electron chi connectivity index (χ1n) is 7.09. The Balaban J connectivity index is 2.06. The van der Waals surface area contributed by atoms with Crippen LogP contribution in [0.2, 0.25) is 0 Å². The summed E-state index contributed by atoms with van der Waals surface area (Å²) in [7, 11) is 0. The third kappa shape index (κ3) is 3.52. The number of ether oxygens (including phenoxy) is 1. The molecule has 116 valence electrons. The number of hydrogen-bond acceptors (Lipinski definition) is 4. The Kier molecular flexibility index (Phi) is 4.93. The maximum atomic E-state index is 12.0. The van der Waals surface area contributed by atoms with Crippen LogP contribution in [0.4, 0.5) is 0 Å². The predicted octanol–water partition coefficient (Wildman–Crippen LogP) is 1.06. The van der Waals surface area contributed by atoms with Gasteiger partial charge in [-0.25, -0.2) is 4.79 Å². The molecule has 0 saturated carbocycles. The summed E-state index contributed by atoms with van der Waals surface area (Å²) >= 11 is 0. The van der Waals surface area contributed by atoms with Crippen molar-refractivity contribution in [3.63, 3.8) is 0 Å². The maximum Gasteiger partial charge on any atom is 0.396 e. The van der Waals surface area contributed by atoms with Crippen molar-refractivity contribution < 1.29 is 14.3 Å². The lowest BCUT2D eigenvalue weighted by molar-refractivity contribution is -0.154. The molecule has 0 fully saturated rings. The molecular weight excluding hydrogens is 284 g/mol. The third-order valence-corrected chi connectivity index (χ3v) is 3.31. The number of aryl methyl sites for hydroxylation is 1. The molecule has 0 aliphatic rings. The highest BCUT2D eigenvalue weighted by atomic mass is 16.5. The highest BCUT2D eigenvalue weighted by Gasteiger charge is 2.14. The summed E-state index contributed by atoms with van der Waals surface area (Å²) in [6.07, 6.45) is 0.338. The van der Waals surface area contributed by atoms with Gasteiger partial charge in [0.1, 0.15) is 0 Å². The van der Waals surface area contributed by atoms with Crippen molar-refractivity contribution in [3.8, 4) is 0 Å². The minimum atomic E-state index is -0.912. The van der Waals surface area contributed by atoms with Crippen LogP contribution in [0.1, 0.15) is 18.1 Å². The average molecular weight is 302 g/mol. The van der Waals surface area contributed by atoms with Crippen LogP contribution >= 0.6 is 0 Å². The van der Waals surface area contributed by atoms with Gasteiger partial charge >= 0.3 is 11.9 Å². The van der Waals surface area contributed by atoms with Crippen molar-refractivity contribution in [3.05, 3.63) is 45.7 Å². The fourth-order valence-corrected chi connectivity index (χ4v) is 2.19. The minimum Gasteiger partial charge on any atom is -0.459 e.